The van der Waals surface area contributed by atoms with Crippen LogP contribution in [-0.4, -0.2) is 4.83 Å². The highest BCUT2D eigenvalue weighted by molar-refractivity contribution is 9.09. The van der Waals surface area contributed by atoms with E-state index in [1.807, 2.05) is 13.0 Å². The number of alkyl halides is 1. The van der Waals surface area contributed by atoms with E-state index in [1.165, 1.54) is 0 Å². The minimum atomic E-state index is 0.350. The lowest BCUT2D eigenvalue weighted by molar-refractivity contribution is 1.01. The van der Waals surface area contributed by atoms with Crippen LogP contribution in [-0.2, 0) is 0 Å². The van der Waals surface area contributed by atoms with Crippen molar-refractivity contribution < 1.29 is 0 Å². The van der Waals surface area contributed by atoms with Crippen LogP contribution in [0.5, 0.6) is 0 Å². The summed E-state index contributed by atoms with van der Waals surface area (Å²) in [5.41, 5.74) is 0. The molecule has 0 aliphatic carbocycles. The second-order valence-corrected chi connectivity index (χ2v) is 2.71. The second kappa shape index (κ2) is 3.17. The number of rotatable bonds is 1. The molecule has 0 unspecified atom stereocenters. The zero-order valence-corrected chi connectivity index (χ0v) is 5.20. The molecule has 34 valence electrons. The molecule has 0 saturated heterocycles. The maximum atomic E-state index is 7.96. The van der Waals surface area contributed by atoms with Crippen LogP contribution in [0, 0.1) is 11.3 Å². The Morgan fingerprint density at radius 1 is 2.00 bits per heavy atom. The van der Waals surface area contributed by atoms with Gasteiger partial charge < -0.3 is 0 Å². The summed E-state index contributed by atoms with van der Waals surface area (Å²) in [6.45, 7) is 1.95. The van der Waals surface area contributed by atoms with E-state index in [0.717, 1.165) is 0 Å². The van der Waals surface area contributed by atoms with Crippen molar-refractivity contribution in [3.63, 3.8) is 0 Å². The van der Waals surface area contributed by atoms with Gasteiger partial charge in [-0.2, -0.15) is 5.26 Å². The summed E-state index contributed by atoms with van der Waals surface area (Å²) in [7, 11) is 0. The van der Waals surface area contributed by atoms with Gasteiger partial charge in [-0.3, -0.25) is 0 Å². The summed E-state index contributed by atoms with van der Waals surface area (Å²) in [5, 5.41) is 7.96. The molecule has 0 N–H and O–H groups in total. The molecule has 1 atom stereocenters. The van der Waals surface area contributed by atoms with Crippen molar-refractivity contribution in [1.29, 1.82) is 5.26 Å². The SMILES string of the molecule is C[C@@H](Br)CC#N. The molecule has 2 heteroatoms. The Morgan fingerprint density at radius 2 is 2.50 bits per heavy atom. The van der Waals surface area contributed by atoms with Crippen molar-refractivity contribution in [2.75, 3.05) is 0 Å². The molecule has 0 bridgehead atoms. The number of halogens is 1. The van der Waals surface area contributed by atoms with Crippen molar-refractivity contribution in [3.05, 3.63) is 0 Å². The first-order chi connectivity index (χ1) is 2.77. The summed E-state index contributed by atoms with van der Waals surface area (Å²) in [6, 6.07) is 2.02. The van der Waals surface area contributed by atoms with E-state index in [-0.39, 0.29) is 0 Å². The smallest absolute Gasteiger partial charge is 0.0633 e. The minimum Gasteiger partial charge on any atom is -0.198 e. The van der Waals surface area contributed by atoms with Crippen LogP contribution >= 0.6 is 15.9 Å². The molecule has 1 nitrogen and oxygen atoms in total. The number of nitrogens with zero attached hydrogens (tertiary/aromatic N) is 1. The molecule has 0 aromatic heterocycles. The Bertz CT molecular complexity index is 62.4. The normalized spacial score (nSPS) is 12.8. The summed E-state index contributed by atoms with van der Waals surface area (Å²) in [5.74, 6) is 0. The highest BCUT2D eigenvalue weighted by Crippen LogP contribution is 1.99. The lowest BCUT2D eigenvalue weighted by atomic mass is 10.4. The summed E-state index contributed by atoms with van der Waals surface area (Å²) in [4.78, 5) is 0.350. The predicted octanol–water partition coefficient (Wildman–Crippen LogP) is 1.68. The first-order valence-electron chi connectivity index (χ1n) is 1.78. The number of nitriles is 1. The first kappa shape index (κ1) is 5.97. The summed E-state index contributed by atoms with van der Waals surface area (Å²) < 4.78 is 0. The Morgan fingerprint density at radius 3 is 2.50 bits per heavy atom. The predicted molar refractivity (Wildman–Crippen MR) is 28.6 cm³/mol. The Kier molecular flexibility index (Phi) is 3.16. The van der Waals surface area contributed by atoms with E-state index in [2.05, 4.69) is 15.9 Å². The average molecular weight is 148 g/mol. The van der Waals surface area contributed by atoms with Gasteiger partial charge in [-0.15, -0.1) is 0 Å². The van der Waals surface area contributed by atoms with Gasteiger partial charge >= 0.3 is 0 Å². The van der Waals surface area contributed by atoms with Crippen LogP contribution in [0.2, 0.25) is 0 Å². The topological polar surface area (TPSA) is 23.8 Å². The average Bonchev–Trinajstić information content (AvgIpc) is 1.35. The van der Waals surface area contributed by atoms with Gasteiger partial charge in [-0.1, -0.05) is 22.9 Å². The lowest BCUT2D eigenvalue weighted by Crippen LogP contribution is -1.82. The van der Waals surface area contributed by atoms with Gasteiger partial charge in [0.15, 0.2) is 0 Å². The third-order valence-corrected chi connectivity index (χ3v) is 0.696. The Hall–Kier alpha value is -0.0300. The molecule has 0 aliphatic heterocycles. The molecule has 0 heterocycles. The first-order valence-corrected chi connectivity index (χ1v) is 2.70. The zero-order chi connectivity index (χ0) is 4.99. The maximum absolute atomic E-state index is 7.96. The molecule has 6 heavy (non-hydrogen) atoms. The van der Waals surface area contributed by atoms with Crippen LogP contribution in [0.25, 0.3) is 0 Å². The second-order valence-electron chi connectivity index (χ2n) is 1.14. The monoisotopic (exact) mass is 147 g/mol. The molecule has 0 radical (unpaired) electrons. The molecule has 0 aromatic carbocycles. The Balaban J connectivity index is 2.88. The van der Waals surface area contributed by atoms with E-state index < -0.39 is 0 Å². The van der Waals surface area contributed by atoms with Crippen molar-refractivity contribution in [2.24, 2.45) is 0 Å². The molecule has 0 fully saturated rings. The van der Waals surface area contributed by atoms with Gasteiger partial charge in [-0.05, 0) is 0 Å². The van der Waals surface area contributed by atoms with E-state index in [9.17, 15) is 0 Å². The molecule has 0 spiro atoms. The molecular formula is C4H6BrN. The maximum Gasteiger partial charge on any atom is 0.0633 e. The van der Waals surface area contributed by atoms with Gasteiger partial charge in [0.2, 0.25) is 0 Å². The third-order valence-electron chi connectivity index (χ3n) is 0.373. The molecular weight excluding hydrogens is 142 g/mol. The number of hydrogen-bond donors (Lipinski definition) is 0. The quantitative estimate of drug-likeness (QED) is 0.519. The van der Waals surface area contributed by atoms with Gasteiger partial charge in [-0.25, -0.2) is 0 Å². The van der Waals surface area contributed by atoms with Crippen LogP contribution in [0.4, 0.5) is 0 Å². The van der Waals surface area contributed by atoms with Crippen LogP contribution in [0.3, 0.4) is 0 Å². The molecule has 0 aliphatic rings. The van der Waals surface area contributed by atoms with E-state index in [0.29, 0.717) is 11.2 Å². The van der Waals surface area contributed by atoms with Crippen LogP contribution in [0.15, 0.2) is 0 Å². The zero-order valence-electron chi connectivity index (χ0n) is 3.61. The van der Waals surface area contributed by atoms with Crippen molar-refractivity contribution in [3.8, 4) is 6.07 Å². The molecule has 0 aromatic rings. The number of hydrogen-bond acceptors (Lipinski definition) is 1. The van der Waals surface area contributed by atoms with Crippen LogP contribution < -0.4 is 0 Å². The standard InChI is InChI=1S/C4H6BrN/c1-4(5)2-3-6/h4H,2H2,1H3/t4-/m1/s1. The fourth-order valence-electron chi connectivity index (χ4n) is 0.126. The van der Waals surface area contributed by atoms with E-state index in [4.69, 9.17) is 5.26 Å². The van der Waals surface area contributed by atoms with Gasteiger partial charge in [0.1, 0.15) is 0 Å². The van der Waals surface area contributed by atoms with Gasteiger partial charge in [0, 0.05) is 11.2 Å². The molecule has 0 saturated carbocycles. The minimum absolute atomic E-state index is 0.350. The highest BCUT2D eigenvalue weighted by Gasteiger charge is 1.88. The fourth-order valence-corrected chi connectivity index (χ4v) is 0.271. The van der Waals surface area contributed by atoms with Crippen LogP contribution in [0.1, 0.15) is 13.3 Å². The van der Waals surface area contributed by atoms with E-state index in [1.54, 1.807) is 0 Å². The molecule has 0 rings (SSSR count). The lowest BCUT2D eigenvalue weighted by Gasteiger charge is -1.85. The molecule has 0 amide bonds. The Labute approximate surface area is 46.1 Å². The van der Waals surface area contributed by atoms with E-state index >= 15 is 0 Å². The third kappa shape index (κ3) is 3.97. The highest BCUT2D eigenvalue weighted by atomic mass is 79.9. The summed E-state index contributed by atoms with van der Waals surface area (Å²) >= 11 is 3.21. The summed E-state index contributed by atoms with van der Waals surface area (Å²) in [6.07, 6.45) is 0.597. The fraction of sp³-hybridized carbons (Fsp3) is 0.750. The van der Waals surface area contributed by atoms with Gasteiger partial charge in [0.05, 0.1) is 6.07 Å². The largest absolute Gasteiger partial charge is 0.198 e. The van der Waals surface area contributed by atoms with Crippen molar-refractivity contribution in [1.82, 2.24) is 0 Å². The van der Waals surface area contributed by atoms with Crippen molar-refractivity contribution in [2.45, 2.75) is 18.2 Å². The van der Waals surface area contributed by atoms with Crippen molar-refractivity contribution >= 4 is 15.9 Å². The van der Waals surface area contributed by atoms with Gasteiger partial charge in [0.25, 0.3) is 0 Å².